The predicted molar refractivity (Wildman–Crippen MR) is 103 cm³/mol. The zero-order valence-electron chi connectivity index (χ0n) is 15.0. The molecule has 0 saturated carbocycles. The number of ketones is 1. The number of carbonyl (C=O) groups is 1. The summed E-state index contributed by atoms with van der Waals surface area (Å²) in [6.45, 7) is 2.01. The van der Waals surface area contributed by atoms with Crippen molar-refractivity contribution in [3.63, 3.8) is 0 Å². The number of ether oxygens (including phenoxy) is 2. The zero-order valence-corrected chi connectivity index (χ0v) is 15.0. The molecule has 0 aliphatic rings. The van der Waals surface area contributed by atoms with Gasteiger partial charge < -0.3 is 9.47 Å². The van der Waals surface area contributed by atoms with Crippen molar-refractivity contribution in [1.29, 1.82) is 0 Å². The molecule has 0 aliphatic carbocycles. The van der Waals surface area contributed by atoms with Crippen molar-refractivity contribution < 1.29 is 14.3 Å². The Hall–Kier alpha value is -2.81. The van der Waals surface area contributed by atoms with E-state index in [1.54, 1.807) is 20.3 Å². The van der Waals surface area contributed by atoms with Gasteiger partial charge in [-0.15, -0.1) is 0 Å². The van der Waals surface area contributed by atoms with Gasteiger partial charge in [0.25, 0.3) is 0 Å². The van der Waals surface area contributed by atoms with Gasteiger partial charge in [0.15, 0.2) is 5.78 Å². The Bertz CT molecular complexity index is 773. The van der Waals surface area contributed by atoms with Crippen molar-refractivity contribution in [2.75, 3.05) is 14.2 Å². The van der Waals surface area contributed by atoms with Crippen molar-refractivity contribution in [2.24, 2.45) is 0 Å². The lowest BCUT2D eigenvalue weighted by atomic mass is 10.1. The number of allylic oxidation sites excluding steroid dienone is 2. The summed E-state index contributed by atoms with van der Waals surface area (Å²) in [5, 5.41) is 0. The number of hydrogen-bond acceptors (Lipinski definition) is 3. The van der Waals surface area contributed by atoms with Crippen LogP contribution in [0.3, 0.4) is 0 Å². The molecule has 0 radical (unpaired) electrons. The molecule has 0 amide bonds. The number of rotatable bonds is 8. The van der Waals surface area contributed by atoms with Crippen LogP contribution in [0.15, 0.2) is 54.6 Å². The first-order valence-electron chi connectivity index (χ1n) is 8.28. The molecule has 0 spiro atoms. The summed E-state index contributed by atoms with van der Waals surface area (Å²) < 4.78 is 10.5. The maximum absolute atomic E-state index is 12.0. The van der Waals surface area contributed by atoms with E-state index in [-0.39, 0.29) is 5.78 Å². The first kappa shape index (κ1) is 18.5. The number of methoxy groups -OCH3 is 2. The van der Waals surface area contributed by atoms with Gasteiger partial charge in [0, 0.05) is 6.42 Å². The van der Waals surface area contributed by atoms with Gasteiger partial charge in [-0.1, -0.05) is 42.5 Å². The van der Waals surface area contributed by atoms with Gasteiger partial charge in [0.05, 0.1) is 14.2 Å². The molecule has 0 saturated heterocycles. The molecular formula is C22H24O3. The van der Waals surface area contributed by atoms with Gasteiger partial charge in [-0.25, -0.2) is 0 Å². The molecule has 0 bridgehead atoms. The molecule has 2 rings (SSSR count). The van der Waals surface area contributed by atoms with Gasteiger partial charge in [-0.2, -0.15) is 0 Å². The first-order valence-corrected chi connectivity index (χ1v) is 8.28. The quantitative estimate of drug-likeness (QED) is 0.630. The molecule has 3 nitrogen and oxygen atoms in total. The lowest BCUT2D eigenvalue weighted by molar-refractivity contribution is -0.114. The molecule has 3 heteroatoms. The lowest BCUT2D eigenvalue weighted by Gasteiger charge is -2.04. The summed E-state index contributed by atoms with van der Waals surface area (Å²) in [7, 11) is 3.30. The summed E-state index contributed by atoms with van der Waals surface area (Å²) in [6.07, 6.45) is 8.66. The van der Waals surface area contributed by atoms with Crippen molar-refractivity contribution in [1.82, 2.24) is 0 Å². The molecule has 0 atom stereocenters. The minimum atomic E-state index is 0.106. The Balaban J connectivity index is 1.84. The summed E-state index contributed by atoms with van der Waals surface area (Å²) in [4.78, 5) is 12.0. The zero-order chi connectivity index (χ0) is 18.1. The van der Waals surface area contributed by atoms with Gasteiger partial charge in [-0.05, 0) is 54.3 Å². The van der Waals surface area contributed by atoms with Crippen LogP contribution in [0.4, 0.5) is 0 Å². The average Bonchev–Trinajstić information content (AvgIpc) is 2.65. The summed E-state index contributed by atoms with van der Waals surface area (Å²) in [5.74, 6) is 1.76. The second kappa shape index (κ2) is 9.48. The Morgan fingerprint density at radius 1 is 1.00 bits per heavy atom. The van der Waals surface area contributed by atoms with Crippen LogP contribution in [0.5, 0.6) is 11.5 Å². The van der Waals surface area contributed by atoms with Crippen LogP contribution >= 0.6 is 0 Å². The van der Waals surface area contributed by atoms with Crippen molar-refractivity contribution in [3.05, 3.63) is 71.3 Å². The Morgan fingerprint density at radius 3 is 2.56 bits per heavy atom. The second-order valence-electron chi connectivity index (χ2n) is 5.75. The molecule has 0 aromatic heterocycles. The third kappa shape index (κ3) is 5.96. The molecule has 0 aliphatic heterocycles. The van der Waals surface area contributed by atoms with E-state index < -0.39 is 0 Å². The lowest BCUT2D eigenvalue weighted by Crippen LogP contribution is -1.91. The van der Waals surface area contributed by atoms with E-state index in [4.69, 9.17) is 9.47 Å². The van der Waals surface area contributed by atoms with E-state index in [0.29, 0.717) is 12.8 Å². The van der Waals surface area contributed by atoms with Crippen LogP contribution < -0.4 is 9.47 Å². The SMILES string of the molecule is COc1cccc(/C=C/C(=O)CCC=Cc2ccc(C)c(OC)c2)c1. The highest BCUT2D eigenvalue weighted by molar-refractivity contribution is 5.93. The number of benzene rings is 2. The van der Waals surface area contributed by atoms with Crippen LogP contribution in [0.25, 0.3) is 12.2 Å². The van der Waals surface area contributed by atoms with E-state index >= 15 is 0 Å². The van der Waals surface area contributed by atoms with E-state index in [1.807, 2.05) is 67.6 Å². The van der Waals surface area contributed by atoms with Crippen LogP contribution in [0.2, 0.25) is 0 Å². The fourth-order valence-electron chi connectivity index (χ4n) is 2.40. The van der Waals surface area contributed by atoms with Crippen molar-refractivity contribution in [3.8, 4) is 11.5 Å². The molecule has 0 heterocycles. The van der Waals surface area contributed by atoms with E-state index in [1.165, 1.54) is 0 Å². The van der Waals surface area contributed by atoms with Crippen LogP contribution in [0, 0.1) is 6.92 Å². The van der Waals surface area contributed by atoms with E-state index in [9.17, 15) is 4.79 Å². The van der Waals surface area contributed by atoms with Gasteiger partial charge in [0.1, 0.15) is 11.5 Å². The third-order valence-corrected chi connectivity index (χ3v) is 3.86. The molecule has 25 heavy (non-hydrogen) atoms. The standard InChI is InChI=1S/C22H24O3/c1-17-11-12-19(16-22(17)25-3)7-4-5-9-20(23)14-13-18-8-6-10-21(15-18)24-2/h4,6-8,10-16H,5,9H2,1-3H3/b7-4?,14-13+. The maximum atomic E-state index is 12.0. The predicted octanol–water partition coefficient (Wildman–Crippen LogP) is 5.09. The smallest absolute Gasteiger partial charge is 0.156 e. The van der Waals surface area contributed by atoms with Crippen LogP contribution in [-0.2, 0) is 4.79 Å². The second-order valence-corrected chi connectivity index (χ2v) is 5.75. The number of carbonyl (C=O) groups excluding carboxylic acids is 1. The highest BCUT2D eigenvalue weighted by atomic mass is 16.5. The molecule has 0 fully saturated rings. The average molecular weight is 336 g/mol. The fourth-order valence-corrected chi connectivity index (χ4v) is 2.40. The maximum Gasteiger partial charge on any atom is 0.156 e. The van der Waals surface area contributed by atoms with Gasteiger partial charge >= 0.3 is 0 Å². The molecule has 2 aromatic carbocycles. The fraction of sp³-hybridized carbons (Fsp3) is 0.227. The summed E-state index contributed by atoms with van der Waals surface area (Å²) in [5.41, 5.74) is 3.13. The molecular weight excluding hydrogens is 312 g/mol. The molecule has 130 valence electrons. The molecule has 0 N–H and O–H groups in total. The highest BCUT2D eigenvalue weighted by Gasteiger charge is 1.99. The largest absolute Gasteiger partial charge is 0.497 e. The summed E-state index contributed by atoms with van der Waals surface area (Å²) in [6, 6.07) is 13.7. The Kier molecular flexibility index (Phi) is 7.02. The number of aryl methyl sites for hydroxylation is 1. The summed E-state index contributed by atoms with van der Waals surface area (Å²) >= 11 is 0. The minimum Gasteiger partial charge on any atom is -0.497 e. The monoisotopic (exact) mass is 336 g/mol. The normalized spacial score (nSPS) is 11.2. The van der Waals surface area contributed by atoms with Crippen molar-refractivity contribution >= 4 is 17.9 Å². The van der Waals surface area contributed by atoms with E-state index in [0.717, 1.165) is 28.2 Å². The minimum absolute atomic E-state index is 0.106. The first-order chi connectivity index (χ1) is 12.1. The Labute approximate surface area is 149 Å². The highest BCUT2D eigenvalue weighted by Crippen LogP contribution is 2.20. The van der Waals surface area contributed by atoms with E-state index in [2.05, 4.69) is 0 Å². The molecule has 2 aromatic rings. The number of hydrogen-bond donors (Lipinski definition) is 0. The van der Waals surface area contributed by atoms with Gasteiger partial charge in [-0.3, -0.25) is 4.79 Å². The van der Waals surface area contributed by atoms with Crippen LogP contribution in [-0.4, -0.2) is 20.0 Å². The Morgan fingerprint density at radius 2 is 1.80 bits per heavy atom. The topological polar surface area (TPSA) is 35.5 Å². The van der Waals surface area contributed by atoms with Crippen molar-refractivity contribution in [2.45, 2.75) is 19.8 Å². The molecule has 0 unspecified atom stereocenters. The van der Waals surface area contributed by atoms with Gasteiger partial charge in [0.2, 0.25) is 0 Å². The van der Waals surface area contributed by atoms with Crippen LogP contribution in [0.1, 0.15) is 29.5 Å². The third-order valence-electron chi connectivity index (χ3n) is 3.86.